The van der Waals surface area contributed by atoms with Crippen LogP contribution in [-0.4, -0.2) is 30.8 Å². The number of nitrogens with two attached hydrogens (primary N) is 1. The van der Waals surface area contributed by atoms with Gasteiger partial charge in [-0.15, -0.1) is 0 Å². The monoisotopic (exact) mass is 199 g/mol. The molecule has 2 saturated heterocycles. The second kappa shape index (κ2) is 2.49. The molecule has 0 aromatic rings. The Hall–Kier alpha value is -0.610. The fourth-order valence-corrected chi connectivity index (χ4v) is 2.96. The van der Waals surface area contributed by atoms with E-state index in [-0.39, 0.29) is 11.6 Å². The van der Waals surface area contributed by atoms with E-state index in [4.69, 9.17) is 15.2 Å². The molecule has 2 bridgehead atoms. The third-order valence-electron chi connectivity index (χ3n) is 3.82. The minimum atomic E-state index is -0.457. The Morgan fingerprint density at radius 1 is 1.50 bits per heavy atom. The number of carbonyl (C=O) groups is 1. The minimum absolute atomic E-state index is 0.163. The van der Waals surface area contributed by atoms with Crippen LogP contribution in [-0.2, 0) is 14.3 Å². The van der Waals surface area contributed by atoms with Gasteiger partial charge in [0, 0.05) is 6.54 Å². The van der Waals surface area contributed by atoms with Crippen LogP contribution in [0.1, 0.15) is 26.7 Å². The fraction of sp³-hybridized carbons (Fsp3) is 0.900. The van der Waals surface area contributed by atoms with Gasteiger partial charge in [0.25, 0.3) is 0 Å². The van der Waals surface area contributed by atoms with Crippen LogP contribution in [0.25, 0.3) is 0 Å². The molecule has 0 spiro atoms. The van der Waals surface area contributed by atoms with Crippen LogP contribution in [0.15, 0.2) is 0 Å². The molecule has 0 radical (unpaired) electrons. The Balaban J connectivity index is 2.29. The Labute approximate surface area is 83.7 Å². The highest BCUT2D eigenvalue weighted by Gasteiger charge is 2.75. The average molecular weight is 199 g/mol. The van der Waals surface area contributed by atoms with Gasteiger partial charge >= 0.3 is 5.97 Å². The highest BCUT2D eigenvalue weighted by atomic mass is 16.6. The van der Waals surface area contributed by atoms with Gasteiger partial charge in [-0.2, -0.15) is 0 Å². The van der Waals surface area contributed by atoms with Crippen LogP contribution in [0.2, 0.25) is 0 Å². The first-order valence-corrected chi connectivity index (χ1v) is 4.90. The number of hydrogen-bond acceptors (Lipinski definition) is 4. The van der Waals surface area contributed by atoms with Gasteiger partial charge in [0.2, 0.25) is 0 Å². The zero-order chi connectivity index (χ0) is 10.6. The zero-order valence-corrected chi connectivity index (χ0v) is 8.92. The predicted octanol–water partition coefficient (Wildman–Crippen LogP) is 0.446. The quantitative estimate of drug-likeness (QED) is 0.656. The van der Waals surface area contributed by atoms with Gasteiger partial charge < -0.3 is 15.2 Å². The lowest BCUT2D eigenvalue weighted by atomic mass is 9.56. The standard InChI is InChI=1S/C10H17NO3/c1-8(2)10(7(12)13-3)4-9(5-10,6-11)14-8/h4-6,11H2,1-3H3. The lowest BCUT2D eigenvalue weighted by molar-refractivity contribution is -0.160. The first-order chi connectivity index (χ1) is 6.41. The van der Waals surface area contributed by atoms with Crippen molar-refractivity contribution in [3.05, 3.63) is 0 Å². The summed E-state index contributed by atoms with van der Waals surface area (Å²) in [6, 6.07) is 0. The summed E-state index contributed by atoms with van der Waals surface area (Å²) < 4.78 is 10.7. The lowest BCUT2D eigenvalue weighted by Crippen LogP contribution is -2.55. The molecule has 3 aliphatic rings. The molecule has 2 heterocycles. The van der Waals surface area contributed by atoms with Gasteiger partial charge in [-0.25, -0.2) is 0 Å². The van der Waals surface area contributed by atoms with E-state index in [1.54, 1.807) is 0 Å². The molecule has 3 fully saturated rings. The molecule has 0 atom stereocenters. The van der Waals surface area contributed by atoms with Gasteiger partial charge in [-0.3, -0.25) is 4.79 Å². The molecule has 0 unspecified atom stereocenters. The summed E-state index contributed by atoms with van der Waals surface area (Å²) in [5.74, 6) is -0.163. The van der Waals surface area contributed by atoms with Crippen molar-refractivity contribution < 1.29 is 14.3 Å². The smallest absolute Gasteiger partial charge is 0.314 e. The largest absolute Gasteiger partial charge is 0.469 e. The van der Waals surface area contributed by atoms with E-state index in [1.807, 2.05) is 13.8 Å². The summed E-state index contributed by atoms with van der Waals surface area (Å²) in [4.78, 5) is 11.7. The summed E-state index contributed by atoms with van der Waals surface area (Å²) in [7, 11) is 1.42. The van der Waals surface area contributed by atoms with Crippen molar-refractivity contribution in [3.8, 4) is 0 Å². The summed E-state index contributed by atoms with van der Waals surface area (Å²) >= 11 is 0. The van der Waals surface area contributed by atoms with Crippen molar-refractivity contribution in [2.24, 2.45) is 11.1 Å². The van der Waals surface area contributed by atoms with Gasteiger partial charge in [-0.1, -0.05) is 0 Å². The minimum Gasteiger partial charge on any atom is -0.469 e. The molecule has 2 aliphatic heterocycles. The Kier molecular flexibility index (Phi) is 1.77. The third kappa shape index (κ3) is 0.880. The van der Waals surface area contributed by atoms with Crippen molar-refractivity contribution in [2.75, 3.05) is 13.7 Å². The maximum absolute atomic E-state index is 11.7. The van der Waals surface area contributed by atoms with E-state index in [1.165, 1.54) is 7.11 Å². The molecule has 4 heteroatoms. The van der Waals surface area contributed by atoms with Crippen LogP contribution in [0.4, 0.5) is 0 Å². The first kappa shape index (κ1) is 9.93. The Morgan fingerprint density at radius 2 is 2.07 bits per heavy atom. The summed E-state index contributed by atoms with van der Waals surface area (Å²) in [6.07, 6.45) is 1.41. The van der Waals surface area contributed by atoms with Crippen LogP contribution < -0.4 is 5.73 Å². The van der Waals surface area contributed by atoms with E-state index in [9.17, 15) is 4.79 Å². The molecule has 1 aliphatic carbocycles. The third-order valence-corrected chi connectivity index (χ3v) is 3.82. The summed E-state index contributed by atoms with van der Waals surface area (Å²) in [5, 5.41) is 0. The number of carbonyl (C=O) groups excluding carboxylic acids is 1. The van der Waals surface area contributed by atoms with Gasteiger partial charge in [0.1, 0.15) is 5.41 Å². The molecule has 3 rings (SSSR count). The molecule has 2 N–H and O–H groups in total. The van der Waals surface area contributed by atoms with Crippen LogP contribution in [0.5, 0.6) is 0 Å². The van der Waals surface area contributed by atoms with Crippen molar-refractivity contribution in [1.82, 2.24) is 0 Å². The van der Waals surface area contributed by atoms with Crippen molar-refractivity contribution in [3.63, 3.8) is 0 Å². The van der Waals surface area contributed by atoms with Crippen molar-refractivity contribution in [1.29, 1.82) is 0 Å². The molecule has 80 valence electrons. The van der Waals surface area contributed by atoms with Gasteiger partial charge in [0.05, 0.1) is 18.3 Å². The predicted molar refractivity (Wildman–Crippen MR) is 50.6 cm³/mol. The second-order valence-corrected chi connectivity index (χ2v) is 4.93. The van der Waals surface area contributed by atoms with Crippen molar-refractivity contribution >= 4 is 5.97 Å². The topological polar surface area (TPSA) is 61.5 Å². The Morgan fingerprint density at radius 3 is 2.43 bits per heavy atom. The molecule has 1 saturated carbocycles. The number of ether oxygens (including phenoxy) is 2. The summed E-state index contributed by atoms with van der Waals surface area (Å²) in [6.45, 7) is 4.36. The number of fused-ring (bicyclic) bond motifs is 1. The van der Waals surface area contributed by atoms with Gasteiger partial charge in [-0.05, 0) is 26.7 Å². The highest BCUT2D eigenvalue weighted by molar-refractivity contribution is 5.81. The second-order valence-electron chi connectivity index (χ2n) is 4.93. The van der Waals surface area contributed by atoms with E-state index in [0.29, 0.717) is 19.4 Å². The normalized spacial score (nSPS) is 43.1. The molecule has 0 amide bonds. The maximum atomic E-state index is 11.7. The molecule has 4 nitrogen and oxygen atoms in total. The maximum Gasteiger partial charge on any atom is 0.314 e. The van der Waals surface area contributed by atoms with E-state index < -0.39 is 11.0 Å². The molecular formula is C10H17NO3. The number of methoxy groups -OCH3 is 1. The van der Waals surface area contributed by atoms with Gasteiger partial charge in [0.15, 0.2) is 0 Å². The number of rotatable bonds is 2. The number of hydrogen-bond donors (Lipinski definition) is 1. The zero-order valence-electron chi connectivity index (χ0n) is 8.92. The van der Waals surface area contributed by atoms with E-state index >= 15 is 0 Å². The molecular weight excluding hydrogens is 182 g/mol. The molecule has 0 aromatic carbocycles. The van der Waals surface area contributed by atoms with Crippen LogP contribution in [0, 0.1) is 5.41 Å². The van der Waals surface area contributed by atoms with Crippen LogP contribution >= 0.6 is 0 Å². The van der Waals surface area contributed by atoms with E-state index in [0.717, 1.165) is 0 Å². The fourth-order valence-electron chi connectivity index (χ4n) is 2.96. The van der Waals surface area contributed by atoms with E-state index in [2.05, 4.69) is 0 Å². The van der Waals surface area contributed by atoms with Crippen LogP contribution in [0.3, 0.4) is 0 Å². The Bertz CT molecular complexity index is 279. The molecule has 0 aromatic heterocycles. The first-order valence-electron chi connectivity index (χ1n) is 4.90. The average Bonchev–Trinajstić information content (AvgIpc) is 2.44. The highest BCUT2D eigenvalue weighted by Crippen LogP contribution is 2.66. The lowest BCUT2D eigenvalue weighted by Gasteiger charge is -2.43. The molecule has 14 heavy (non-hydrogen) atoms. The SMILES string of the molecule is COC(=O)C12CC(CN)(C1)OC2(C)C. The number of esters is 1. The van der Waals surface area contributed by atoms with Crippen molar-refractivity contribution in [2.45, 2.75) is 37.9 Å². The summed E-state index contributed by atoms with van der Waals surface area (Å²) in [5.41, 5.74) is 4.48.